The summed E-state index contributed by atoms with van der Waals surface area (Å²) in [6.07, 6.45) is 6.54. The first kappa shape index (κ1) is 20.8. The molecular formula is C19H17Cl2N5O3S. The minimum atomic E-state index is -3.71. The molecule has 0 spiro atoms. The van der Waals surface area contributed by atoms with Crippen molar-refractivity contribution >= 4 is 39.1 Å². The lowest BCUT2D eigenvalue weighted by Crippen LogP contribution is -2.50. The van der Waals surface area contributed by atoms with Crippen molar-refractivity contribution in [2.45, 2.75) is 4.90 Å². The highest BCUT2D eigenvalue weighted by Crippen LogP contribution is 2.27. The van der Waals surface area contributed by atoms with Crippen LogP contribution in [-0.2, 0) is 10.0 Å². The molecule has 0 N–H and O–H groups in total. The van der Waals surface area contributed by atoms with E-state index in [1.165, 1.54) is 28.7 Å². The van der Waals surface area contributed by atoms with Crippen LogP contribution in [0.5, 0.6) is 0 Å². The number of amides is 1. The van der Waals surface area contributed by atoms with Crippen LogP contribution in [0.2, 0.25) is 10.0 Å². The fourth-order valence-corrected chi connectivity index (χ4v) is 4.97. The molecule has 8 nitrogen and oxygen atoms in total. The number of hydrogen-bond acceptors (Lipinski definition) is 5. The quantitative estimate of drug-likeness (QED) is 0.590. The van der Waals surface area contributed by atoms with Crippen LogP contribution in [0.4, 0.5) is 0 Å². The number of rotatable bonds is 4. The van der Waals surface area contributed by atoms with Gasteiger partial charge in [-0.15, -0.1) is 0 Å². The van der Waals surface area contributed by atoms with Gasteiger partial charge in [0.1, 0.15) is 12.1 Å². The Morgan fingerprint density at radius 1 is 1.00 bits per heavy atom. The Kier molecular flexibility index (Phi) is 5.79. The summed E-state index contributed by atoms with van der Waals surface area (Å²) in [6, 6.07) is 7.65. The summed E-state index contributed by atoms with van der Waals surface area (Å²) in [5.74, 6) is 0.466. The number of imidazole rings is 1. The monoisotopic (exact) mass is 465 g/mol. The second-order valence-corrected chi connectivity index (χ2v) is 9.40. The largest absolute Gasteiger partial charge is 0.336 e. The van der Waals surface area contributed by atoms with Gasteiger partial charge in [0.05, 0.1) is 20.5 Å². The molecule has 1 aliphatic heterocycles. The number of sulfonamides is 1. The van der Waals surface area contributed by atoms with Crippen molar-refractivity contribution in [3.63, 3.8) is 0 Å². The minimum Gasteiger partial charge on any atom is -0.336 e. The maximum atomic E-state index is 12.9. The maximum Gasteiger partial charge on any atom is 0.255 e. The van der Waals surface area contributed by atoms with E-state index in [4.69, 9.17) is 23.2 Å². The zero-order valence-corrected chi connectivity index (χ0v) is 18.0. The molecule has 0 radical (unpaired) electrons. The molecule has 3 heterocycles. The molecule has 1 saturated heterocycles. The van der Waals surface area contributed by atoms with Gasteiger partial charge < -0.3 is 4.90 Å². The third-order valence-corrected chi connectivity index (χ3v) is 7.45. The summed E-state index contributed by atoms with van der Waals surface area (Å²) in [4.78, 5) is 22.7. The zero-order valence-electron chi connectivity index (χ0n) is 15.6. The molecule has 3 aromatic rings. The lowest BCUT2D eigenvalue weighted by molar-refractivity contribution is 0.0697. The molecule has 0 unspecified atom stereocenters. The second-order valence-electron chi connectivity index (χ2n) is 6.65. The molecule has 0 aliphatic carbocycles. The summed E-state index contributed by atoms with van der Waals surface area (Å²) in [6.45, 7) is 0.940. The maximum absolute atomic E-state index is 12.9. The van der Waals surface area contributed by atoms with Crippen molar-refractivity contribution < 1.29 is 13.2 Å². The van der Waals surface area contributed by atoms with E-state index >= 15 is 0 Å². The molecule has 156 valence electrons. The van der Waals surface area contributed by atoms with E-state index in [1.54, 1.807) is 40.3 Å². The first-order valence-electron chi connectivity index (χ1n) is 9.05. The van der Waals surface area contributed by atoms with Crippen molar-refractivity contribution in [2.75, 3.05) is 26.2 Å². The fourth-order valence-electron chi connectivity index (χ4n) is 3.16. The number of carbonyl (C=O) groups is 1. The molecule has 0 atom stereocenters. The molecule has 1 aromatic carbocycles. The predicted octanol–water partition coefficient (Wildman–Crippen LogP) is 2.72. The summed E-state index contributed by atoms with van der Waals surface area (Å²) < 4.78 is 28.8. The Bertz CT molecular complexity index is 1160. The number of pyridine rings is 1. The van der Waals surface area contributed by atoms with Crippen LogP contribution in [0.25, 0.3) is 5.82 Å². The highest BCUT2D eigenvalue weighted by molar-refractivity contribution is 7.89. The molecule has 4 rings (SSSR count). The first-order valence-corrected chi connectivity index (χ1v) is 11.2. The average Bonchev–Trinajstić information content (AvgIpc) is 3.30. The third kappa shape index (κ3) is 4.06. The van der Waals surface area contributed by atoms with Crippen molar-refractivity contribution in [1.29, 1.82) is 0 Å². The van der Waals surface area contributed by atoms with Crippen LogP contribution in [0.15, 0.2) is 60.1 Å². The Balaban J connectivity index is 1.42. The Morgan fingerprint density at radius 2 is 1.77 bits per heavy atom. The van der Waals surface area contributed by atoms with Crippen LogP contribution in [-0.4, -0.2) is 64.2 Å². The van der Waals surface area contributed by atoms with Gasteiger partial charge in [-0.25, -0.2) is 18.4 Å². The first-order chi connectivity index (χ1) is 14.4. The van der Waals surface area contributed by atoms with E-state index in [2.05, 4.69) is 9.97 Å². The number of benzene rings is 1. The van der Waals surface area contributed by atoms with Gasteiger partial charge in [0.15, 0.2) is 0 Å². The lowest BCUT2D eigenvalue weighted by Gasteiger charge is -2.34. The number of halogens is 2. The third-order valence-electron chi connectivity index (χ3n) is 4.82. The van der Waals surface area contributed by atoms with Crippen molar-refractivity contribution in [3.05, 3.63) is 70.9 Å². The highest BCUT2D eigenvalue weighted by Gasteiger charge is 2.30. The van der Waals surface area contributed by atoms with Crippen molar-refractivity contribution in [2.24, 2.45) is 0 Å². The fraction of sp³-hybridized carbons (Fsp3) is 0.211. The normalized spacial score (nSPS) is 15.3. The number of piperazine rings is 1. The molecule has 0 bridgehead atoms. The number of nitrogens with zero attached hydrogens (tertiary/aromatic N) is 5. The van der Waals surface area contributed by atoms with E-state index in [0.29, 0.717) is 16.4 Å². The average molecular weight is 466 g/mol. The van der Waals surface area contributed by atoms with Crippen molar-refractivity contribution in [1.82, 2.24) is 23.7 Å². The van der Waals surface area contributed by atoms with Gasteiger partial charge in [-0.05, 0) is 30.3 Å². The summed E-state index contributed by atoms with van der Waals surface area (Å²) >= 11 is 11.8. The zero-order chi connectivity index (χ0) is 21.3. The molecule has 1 fully saturated rings. The van der Waals surface area contributed by atoms with Gasteiger partial charge in [0.2, 0.25) is 10.0 Å². The molecule has 1 aliphatic rings. The van der Waals surface area contributed by atoms with Gasteiger partial charge in [-0.1, -0.05) is 23.2 Å². The van der Waals surface area contributed by atoms with E-state index < -0.39 is 10.0 Å². The lowest BCUT2D eigenvalue weighted by atomic mass is 10.2. The number of aromatic nitrogens is 3. The van der Waals surface area contributed by atoms with Crippen molar-refractivity contribution in [3.8, 4) is 5.82 Å². The van der Waals surface area contributed by atoms with Crippen LogP contribution in [0.3, 0.4) is 0 Å². The van der Waals surface area contributed by atoms with E-state index in [9.17, 15) is 13.2 Å². The molecule has 1 amide bonds. The molecule has 30 heavy (non-hydrogen) atoms. The van der Waals surface area contributed by atoms with Gasteiger partial charge >= 0.3 is 0 Å². The number of carbonyl (C=O) groups excluding carboxylic acids is 1. The van der Waals surface area contributed by atoms with Crippen LogP contribution < -0.4 is 0 Å². The van der Waals surface area contributed by atoms with Crippen LogP contribution in [0.1, 0.15) is 10.4 Å². The van der Waals surface area contributed by atoms with Gasteiger partial charge in [0.25, 0.3) is 5.91 Å². The Morgan fingerprint density at radius 3 is 2.37 bits per heavy atom. The Hall–Kier alpha value is -2.46. The van der Waals surface area contributed by atoms with E-state index in [1.807, 2.05) is 0 Å². The van der Waals surface area contributed by atoms with Gasteiger partial charge in [-0.2, -0.15) is 4.31 Å². The topological polar surface area (TPSA) is 88.4 Å². The van der Waals surface area contributed by atoms with Gasteiger partial charge in [0, 0.05) is 44.8 Å². The van der Waals surface area contributed by atoms with Gasteiger partial charge in [-0.3, -0.25) is 9.36 Å². The van der Waals surface area contributed by atoms with Crippen LogP contribution >= 0.6 is 23.2 Å². The minimum absolute atomic E-state index is 0.0796. The summed E-state index contributed by atoms with van der Waals surface area (Å²) in [5, 5.41) is 0.469. The second kappa shape index (κ2) is 8.35. The summed E-state index contributed by atoms with van der Waals surface area (Å²) in [7, 11) is -3.71. The smallest absolute Gasteiger partial charge is 0.255 e. The predicted molar refractivity (Wildman–Crippen MR) is 112 cm³/mol. The SMILES string of the molecule is O=C(c1ccc(-n2ccnc2)nc1)N1CCN(S(=O)(=O)c2ccc(Cl)c(Cl)c2)CC1. The Labute approximate surface area is 183 Å². The highest BCUT2D eigenvalue weighted by atomic mass is 35.5. The summed E-state index contributed by atoms with van der Waals surface area (Å²) in [5.41, 5.74) is 0.444. The molecule has 0 saturated carbocycles. The molecule has 11 heteroatoms. The van der Waals surface area contributed by atoms with E-state index in [0.717, 1.165) is 0 Å². The number of hydrogen-bond donors (Lipinski definition) is 0. The molecule has 2 aromatic heterocycles. The van der Waals surface area contributed by atoms with E-state index in [-0.39, 0.29) is 42.0 Å². The standard InChI is InChI=1S/C19H17Cl2N5O3S/c20-16-3-2-15(11-17(16)21)30(28,29)26-9-7-24(8-10-26)19(27)14-1-4-18(23-12-14)25-6-5-22-13-25/h1-6,11-13H,7-10H2. The molecular weight excluding hydrogens is 449 g/mol. The van der Waals surface area contributed by atoms with Crippen LogP contribution in [0, 0.1) is 0 Å².